The molecule has 8 heteroatoms. The van der Waals surface area contributed by atoms with Gasteiger partial charge >= 0.3 is 0 Å². The van der Waals surface area contributed by atoms with Crippen molar-refractivity contribution in [3.63, 3.8) is 0 Å². The molecule has 0 fully saturated rings. The smallest absolute Gasteiger partial charge is 0.243 e. The molecule has 0 bridgehead atoms. The number of amides is 1. The van der Waals surface area contributed by atoms with Crippen LogP contribution in [-0.4, -0.2) is 46.4 Å². The minimum absolute atomic E-state index is 0.0645. The van der Waals surface area contributed by atoms with Gasteiger partial charge in [0.25, 0.3) is 0 Å². The summed E-state index contributed by atoms with van der Waals surface area (Å²) in [5, 5.41) is 5.89. The first kappa shape index (κ1) is 22.3. The Bertz CT molecular complexity index is 1160. The molecule has 0 radical (unpaired) electrons. The van der Waals surface area contributed by atoms with E-state index in [-0.39, 0.29) is 17.3 Å². The van der Waals surface area contributed by atoms with Gasteiger partial charge in [0.05, 0.1) is 24.2 Å². The molecule has 0 aliphatic carbocycles. The van der Waals surface area contributed by atoms with Crippen LogP contribution in [0.5, 0.6) is 5.75 Å². The number of hydrogen-bond donors (Lipinski definition) is 2. The number of anilines is 2. The third-order valence-electron chi connectivity index (χ3n) is 4.67. The Morgan fingerprint density at radius 3 is 2.29 bits per heavy atom. The third kappa shape index (κ3) is 5.22. The number of sulfonamides is 1. The van der Waals surface area contributed by atoms with Crippen LogP contribution in [0.3, 0.4) is 0 Å². The average Bonchev–Trinajstić information content (AvgIpc) is 2.78. The van der Waals surface area contributed by atoms with Crippen LogP contribution in [0.4, 0.5) is 11.4 Å². The summed E-state index contributed by atoms with van der Waals surface area (Å²) in [6.07, 6.45) is 0. The molecule has 3 aromatic rings. The number of methoxy groups -OCH3 is 1. The predicted octanol–water partition coefficient (Wildman–Crippen LogP) is 3.66. The fourth-order valence-electron chi connectivity index (χ4n) is 3.03. The maximum Gasteiger partial charge on any atom is 0.243 e. The minimum Gasteiger partial charge on any atom is -0.495 e. The van der Waals surface area contributed by atoms with Crippen molar-refractivity contribution in [3.05, 3.63) is 72.8 Å². The number of ether oxygens (including phenoxy) is 1. The molecule has 2 N–H and O–H groups in total. The Kier molecular flexibility index (Phi) is 6.94. The van der Waals surface area contributed by atoms with Crippen molar-refractivity contribution in [1.82, 2.24) is 4.31 Å². The standard InChI is InChI=1S/C23H25N3O4S/c1-26(2)31(28,29)18-13-14-22(30-3)21(15-18)24-16-23(27)25-20-12-8-7-11-19(20)17-9-5-4-6-10-17/h4-15,24H,16H2,1-3H3,(H,25,27). The molecule has 0 saturated carbocycles. The molecule has 3 rings (SSSR count). The summed E-state index contributed by atoms with van der Waals surface area (Å²) in [5.74, 6) is 0.168. The number of nitrogens with one attached hydrogen (secondary N) is 2. The number of carbonyl (C=O) groups is 1. The van der Waals surface area contributed by atoms with Crippen LogP contribution in [0, 0.1) is 0 Å². The maximum absolute atomic E-state index is 12.6. The van der Waals surface area contributed by atoms with Crippen molar-refractivity contribution in [2.75, 3.05) is 38.4 Å². The van der Waals surface area contributed by atoms with Crippen molar-refractivity contribution in [3.8, 4) is 16.9 Å². The zero-order valence-electron chi connectivity index (χ0n) is 17.6. The second-order valence-corrected chi connectivity index (χ2v) is 9.11. The van der Waals surface area contributed by atoms with Crippen molar-refractivity contribution >= 4 is 27.3 Å². The summed E-state index contributed by atoms with van der Waals surface area (Å²) in [6, 6.07) is 21.8. The molecule has 0 atom stereocenters. The van der Waals surface area contributed by atoms with E-state index in [1.54, 1.807) is 6.07 Å². The van der Waals surface area contributed by atoms with Crippen molar-refractivity contribution in [1.29, 1.82) is 0 Å². The zero-order valence-corrected chi connectivity index (χ0v) is 18.4. The molecule has 0 aliphatic heterocycles. The molecule has 162 valence electrons. The normalized spacial score (nSPS) is 11.2. The summed E-state index contributed by atoms with van der Waals surface area (Å²) in [4.78, 5) is 12.7. The lowest BCUT2D eigenvalue weighted by Gasteiger charge is -2.16. The fourth-order valence-corrected chi connectivity index (χ4v) is 3.96. The summed E-state index contributed by atoms with van der Waals surface area (Å²) in [6.45, 7) is -0.0645. The van der Waals surface area contributed by atoms with Crippen molar-refractivity contribution < 1.29 is 17.9 Å². The topological polar surface area (TPSA) is 87.7 Å². The molecular weight excluding hydrogens is 414 g/mol. The van der Waals surface area contributed by atoms with E-state index in [2.05, 4.69) is 10.6 Å². The summed E-state index contributed by atoms with van der Waals surface area (Å²) in [5.41, 5.74) is 3.01. The first-order valence-corrected chi connectivity index (χ1v) is 11.1. The van der Waals surface area contributed by atoms with E-state index in [1.807, 2.05) is 54.6 Å². The van der Waals surface area contributed by atoms with Crippen LogP contribution < -0.4 is 15.4 Å². The maximum atomic E-state index is 12.6. The first-order chi connectivity index (χ1) is 14.8. The molecule has 7 nitrogen and oxygen atoms in total. The third-order valence-corrected chi connectivity index (χ3v) is 6.49. The van der Waals surface area contributed by atoms with Gasteiger partial charge in [-0.3, -0.25) is 4.79 Å². The highest BCUT2D eigenvalue weighted by atomic mass is 32.2. The fraction of sp³-hybridized carbons (Fsp3) is 0.174. The average molecular weight is 440 g/mol. The van der Waals surface area contributed by atoms with Crippen LogP contribution in [0.1, 0.15) is 0 Å². The zero-order chi connectivity index (χ0) is 22.4. The van der Waals surface area contributed by atoms with Gasteiger partial charge in [-0.05, 0) is 29.8 Å². The number of hydrogen-bond acceptors (Lipinski definition) is 5. The first-order valence-electron chi connectivity index (χ1n) is 9.61. The van der Waals surface area contributed by atoms with Crippen LogP contribution in [0.2, 0.25) is 0 Å². The largest absolute Gasteiger partial charge is 0.495 e. The van der Waals surface area contributed by atoms with E-state index >= 15 is 0 Å². The molecule has 0 aliphatic rings. The van der Waals surface area contributed by atoms with Gasteiger partial charge in [-0.15, -0.1) is 0 Å². The van der Waals surface area contributed by atoms with Gasteiger partial charge in [0.15, 0.2) is 0 Å². The highest BCUT2D eigenvalue weighted by molar-refractivity contribution is 7.89. The van der Waals surface area contributed by atoms with Crippen LogP contribution >= 0.6 is 0 Å². The van der Waals surface area contributed by atoms with Crippen molar-refractivity contribution in [2.45, 2.75) is 4.90 Å². The van der Waals surface area contributed by atoms with Gasteiger partial charge in [-0.2, -0.15) is 0 Å². The second kappa shape index (κ2) is 9.63. The molecule has 3 aromatic carbocycles. The van der Waals surface area contributed by atoms with Crippen LogP contribution in [0.25, 0.3) is 11.1 Å². The number of nitrogens with zero attached hydrogens (tertiary/aromatic N) is 1. The van der Waals surface area contributed by atoms with E-state index in [9.17, 15) is 13.2 Å². The van der Waals surface area contributed by atoms with E-state index in [0.717, 1.165) is 15.4 Å². The van der Waals surface area contributed by atoms with E-state index in [0.29, 0.717) is 17.1 Å². The van der Waals surface area contributed by atoms with Gasteiger partial charge in [-0.25, -0.2) is 12.7 Å². The molecule has 0 unspecified atom stereocenters. The highest BCUT2D eigenvalue weighted by Crippen LogP contribution is 2.29. The second-order valence-electron chi connectivity index (χ2n) is 6.96. The number of carbonyl (C=O) groups excluding carboxylic acids is 1. The van der Waals surface area contributed by atoms with E-state index in [4.69, 9.17) is 4.74 Å². The van der Waals surface area contributed by atoms with E-state index < -0.39 is 10.0 Å². The number of rotatable bonds is 8. The molecule has 31 heavy (non-hydrogen) atoms. The molecule has 0 spiro atoms. The summed E-state index contributed by atoms with van der Waals surface area (Å²) >= 11 is 0. The Morgan fingerprint density at radius 2 is 1.61 bits per heavy atom. The van der Waals surface area contributed by atoms with Gasteiger partial charge in [0, 0.05) is 25.3 Å². The SMILES string of the molecule is COc1ccc(S(=O)(=O)N(C)C)cc1NCC(=O)Nc1ccccc1-c1ccccc1. The number of para-hydroxylation sites is 1. The lowest BCUT2D eigenvalue weighted by atomic mass is 10.0. The van der Waals surface area contributed by atoms with Crippen molar-refractivity contribution in [2.24, 2.45) is 0 Å². The Hall–Kier alpha value is -3.36. The monoisotopic (exact) mass is 439 g/mol. The lowest BCUT2D eigenvalue weighted by Crippen LogP contribution is -2.24. The van der Waals surface area contributed by atoms with E-state index in [1.165, 1.54) is 33.3 Å². The summed E-state index contributed by atoms with van der Waals surface area (Å²) < 4.78 is 31.3. The molecule has 0 heterocycles. The quantitative estimate of drug-likeness (QED) is 0.559. The molecular formula is C23H25N3O4S. The highest BCUT2D eigenvalue weighted by Gasteiger charge is 2.19. The number of benzene rings is 3. The van der Waals surface area contributed by atoms with Gasteiger partial charge in [0.2, 0.25) is 15.9 Å². The van der Waals surface area contributed by atoms with Gasteiger partial charge < -0.3 is 15.4 Å². The summed E-state index contributed by atoms with van der Waals surface area (Å²) in [7, 11) is 0.798. The predicted molar refractivity (Wildman–Crippen MR) is 123 cm³/mol. The lowest BCUT2D eigenvalue weighted by molar-refractivity contribution is -0.114. The molecule has 0 aromatic heterocycles. The Labute approximate surface area is 182 Å². The molecule has 1 amide bonds. The Balaban J connectivity index is 1.77. The van der Waals surface area contributed by atoms with Gasteiger partial charge in [-0.1, -0.05) is 48.5 Å². The van der Waals surface area contributed by atoms with Crippen LogP contribution in [-0.2, 0) is 14.8 Å². The Morgan fingerprint density at radius 1 is 0.935 bits per heavy atom. The van der Waals surface area contributed by atoms with Crippen LogP contribution in [0.15, 0.2) is 77.7 Å². The minimum atomic E-state index is -3.61. The van der Waals surface area contributed by atoms with Gasteiger partial charge in [0.1, 0.15) is 5.75 Å². The molecule has 0 saturated heterocycles.